The molecule has 47 heavy (non-hydrogen) atoms. The largest absolute Gasteiger partial charge is 0.512 e. The summed E-state index contributed by atoms with van der Waals surface area (Å²) < 4.78 is 6.49. The summed E-state index contributed by atoms with van der Waals surface area (Å²) in [6, 6.07) is 24.7. The van der Waals surface area contributed by atoms with Crippen LogP contribution in [0.5, 0.6) is 11.5 Å². The third kappa shape index (κ3) is 6.42. The maximum absolute atomic E-state index is 11.7. The maximum atomic E-state index is 11.7. The van der Waals surface area contributed by atoms with Crippen molar-refractivity contribution in [3.05, 3.63) is 96.1 Å². The number of nitrogens with zero attached hydrogens (tertiary/aromatic N) is 2. The molecular formula is C41H41IrN2O3-. The summed E-state index contributed by atoms with van der Waals surface area (Å²) in [6.07, 6.45) is 6.80. The van der Waals surface area contributed by atoms with Gasteiger partial charge in [0.2, 0.25) is 0 Å². The average Bonchev–Trinajstić information content (AvgIpc) is 3.05. The fraction of sp³-hybridized carbons (Fsp3) is 0.293. The molecule has 0 unspecified atom stereocenters. The van der Waals surface area contributed by atoms with Gasteiger partial charge in [-0.05, 0) is 79.3 Å². The number of hydrogen-bond donors (Lipinski definition) is 1. The van der Waals surface area contributed by atoms with Crippen molar-refractivity contribution in [2.75, 3.05) is 0 Å². The van der Waals surface area contributed by atoms with Gasteiger partial charge in [-0.2, -0.15) is 0 Å². The summed E-state index contributed by atoms with van der Waals surface area (Å²) in [6.45, 7) is 12.2. The fourth-order valence-electron chi connectivity index (χ4n) is 6.77. The molecule has 2 aromatic heterocycles. The molecule has 7 rings (SSSR count). The molecule has 0 aliphatic carbocycles. The van der Waals surface area contributed by atoms with E-state index < -0.39 is 0 Å². The number of allylic oxidation sites excluding steroid dienone is 2. The molecule has 0 amide bonds. The Morgan fingerprint density at radius 1 is 0.830 bits per heavy atom. The van der Waals surface area contributed by atoms with Gasteiger partial charge >= 0.3 is 0 Å². The number of rotatable bonds is 7. The number of carbonyl (C=O) groups excluding carboxylic acids is 1. The number of ether oxygens (including phenoxy) is 1. The predicted molar refractivity (Wildman–Crippen MR) is 190 cm³/mol. The number of fused-ring (bicyclic) bond motifs is 7. The van der Waals surface area contributed by atoms with Gasteiger partial charge in [0.25, 0.3) is 0 Å². The van der Waals surface area contributed by atoms with Gasteiger partial charge in [-0.3, -0.25) is 14.8 Å². The first-order valence-corrected chi connectivity index (χ1v) is 16.5. The van der Waals surface area contributed by atoms with E-state index in [9.17, 15) is 9.90 Å². The van der Waals surface area contributed by atoms with Gasteiger partial charge in [-0.15, -0.1) is 17.5 Å². The summed E-state index contributed by atoms with van der Waals surface area (Å²) >= 11 is 0. The molecule has 1 N–H and O–H groups in total. The molecule has 5 nitrogen and oxygen atoms in total. The second-order valence-electron chi connectivity index (χ2n) is 12.3. The Hall–Kier alpha value is -4.12. The minimum Gasteiger partial charge on any atom is -0.512 e. The molecule has 0 spiro atoms. The number of aliphatic hydroxyl groups is 1. The summed E-state index contributed by atoms with van der Waals surface area (Å²) in [5.74, 6) is 2.20. The van der Waals surface area contributed by atoms with Crippen molar-refractivity contribution in [2.24, 2.45) is 11.8 Å². The van der Waals surface area contributed by atoms with Gasteiger partial charge in [0.1, 0.15) is 5.75 Å². The molecule has 1 aliphatic rings. The molecule has 0 saturated heterocycles. The van der Waals surface area contributed by atoms with Crippen molar-refractivity contribution in [3.8, 4) is 22.8 Å². The minimum absolute atomic E-state index is 0. The number of pyridine rings is 2. The van der Waals surface area contributed by atoms with Gasteiger partial charge in [-0.25, -0.2) is 0 Å². The molecule has 1 aliphatic heterocycles. The standard InChI is InChI=1S/C28H17N2O.C13H24O2.Ir/c1-15-11-22-19(16(2)30-15)7-8-20-21-9-10-29-28-24-12-17-5-3-4-6-18(17)13-25(24)31-26(27(21)28)14-23(20)22;1-5-10(6-2)12(14)9-13(15)11(7-3)8-4;/h3-11,13-14H,1-2H3;9-11,14H,5-8H2,1-4H3;/q-1;;/b;12-9-;. The van der Waals surface area contributed by atoms with Crippen LogP contribution in [0.25, 0.3) is 54.3 Å². The van der Waals surface area contributed by atoms with Crippen molar-refractivity contribution in [2.45, 2.75) is 67.2 Å². The second-order valence-corrected chi connectivity index (χ2v) is 12.3. The Balaban J connectivity index is 0.000000234. The van der Waals surface area contributed by atoms with Gasteiger partial charge in [0.05, 0.1) is 11.5 Å². The van der Waals surface area contributed by atoms with E-state index >= 15 is 0 Å². The molecule has 3 heterocycles. The zero-order chi connectivity index (χ0) is 32.5. The van der Waals surface area contributed by atoms with E-state index in [0.29, 0.717) is 0 Å². The predicted octanol–water partition coefficient (Wildman–Crippen LogP) is 11.1. The van der Waals surface area contributed by atoms with Crippen LogP contribution in [0.4, 0.5) is 0 Å². The zero-order valence-electron chi connectivity index (χ0n) is 27.9. The van der Waals surface area contributed by atoms with Crippen LogP contribution >= 0.6 is 0 Å². The molecule has 6 heteroatoms. The van der Waals surface area contributed by atoms with E-state index in [-0.39, 0.29) is 43.5 Å². The molecule has 243 valence electrons. The van der Waals surface area contributed by atoms with E-state index in [2.05, 4.69) is 66.5 Å². The number of carbonyl (C=O) groups is 1. The number of aromatic nitrogens is 2. The molecule has 6 aromatic rings. The maximum Gasteiger partial charge on any atom is 0.162 e. The molecule has 0 bridgehead atoms. The third-order valence-corrected chi connectivity index (χ3v) is 9.43. The van der Waals surface area contributed by atoms with E-state index in [1.54, 1.807) is 0 Å². The summed E-state index contributed by atoms with van der Waals surface area (Å²) in [7, 11) is 0. The normalized spacial score (nSPS) is 12.2. The van der Waals surface area contributed by atoms with Crippen LogP contribution in [-0.2, 0) is 24.9 Å². The molecular weight excluding hydrogens is 761 g/mol. The summed E-state index contributed by atoms with van der Waals surface area (Å²) in [4.78, 5) is 21.1. The van der Waals surface area contributed by atoms with Crippen molar-refractivity contribution < 1.29 is 34.7 Å². The number of benzene rings is 4. The fourth-order valence-corrected chi connectivity index (χ4v) is 6.77. The van der Waals surface area contributed by atoms with E-state index in [0.717, 1.165) is 81.4 Å². The number of aliphatic hydroxyl groups excluding tert-OH is 1. The van der Waals surface area contributed by atoms with Crippen molar-refractivity contribution >= 4 is 48.9 Å². The van der Waals surface area contributed by atoms with Crippen LogP contribution in [0.2, 0.25) is 0 Å². The third-order valence-electron chi connectivity index (χ3n) is 9.43. The van der Waals surface area contributed by atoms with Crippen LogP contribution in [0.1, 0.15) is 64.8 Å². The topological polar surface area (TPSA) is 72.3 Å². The van der Waals surface area contributed by atoms with Crippen molar-refractivity contribution in [1.82, 2.24) is 9.97 Å². The quantitative estimate of drug-likeness (QED) is 0.0752. The first-order valence-electron chi connectivity index (χ1n) is 16.5. The molecule has 1 radical (unpaired) electrons. The molecule has 0 fully saturated rings. The van der Waals surface area contributed by atoms with Crippen LogP contribution in [0.3, 0.4) is 0 Å². The Morgan fingerprint density at radius 3 is 2.23 bits per heavy atom. The smallest absolute Gasteiger partial charge is 0.162 e. The first-order chi connectivity index (χ1) is 22.3. The van der Waals surface area contributed by atoms with Gasteiger partial charge in [0.15, 0.2) is 5.78 Å². The van der Waals surface area contributed by atoms with Gasteiger partial charge in [-0.1, -0.05) is 75.0 Å². The van der Waals surface area contributed by atoms with Crippen molar-refractivity contribution in [3.63, 3.8) is 0 Å². The molecule has 0 atom stereocenters. The second kappa shape index (κ2) is 14.3. The summed E-state index contributed by atoms with van der Waals surface area (Å²) in [5.41, 5.74) is 3.93. The van der Waals surface area contributed by atoms with E-state index in [4.69, 9.17) is 9.72 Å². The van der Waals surface area contributed by atoms with E-state index in [1.807, 2.05) is 52.9 Å². The average molecular weight is 802 g/mol. The Morgan fingerprint density at radius 2 is 1.51 bits per heavy atom. The Labute approximate surface area is 290 Å². The zero-order valence-corrected chi connectivity index (χ0v) is 30.3. The summed E-state index contributed by atoms with van der Waals surface area (Å²) in [5, 5.41) is 18.9. The van der Waals surface area contributed by atoms with Crippen LogP contribution in [0, 0.1) is 31.7 Å². The van der Waals surface area contributed by atoms with Crippen LogP contribution in [0.15, 0.2) is 78.7 Å². The number of hydrogen-bond acceptors (Lipinski definition) is 5. The molecule has 4 aromatic carbocycles. The van der Waals surface area contributed by atoms with Gasteiger partial charge < -0.3 is 9.84 Å². The minimum atomic E-state index is 0. The SMILES string of the molecule is CCC(CC)C(=O)/C=C(\O)C(CC)CC.Cc1cc2c(ccc3c4ccnc5c4c(cc23)Oc2cc3ccccc3[c-]c2-5)c(C)n1.[Ir]. The Kier molecular flexibility index (Phi) is 10.4. The monoisotopic (exact) mass is 802 g/mol. The van der Waals surface area contributed by atoms with Crippen LogP contribution in [-0.4, -0.2) is 20.9 Å². The number of ketones is 1. The Bertz CT molecular complexity index is 2150. The first kappa shape index (κ1) is 34.2. The van der Waals surface area contributed by atoms with Gasteiger partial charge in [0, 0.05) is 72.1 Å². The number of aryl methyl sites for hydroxylation is 2. The molecule has 0 saturated carbocycles. The van der Waals surface area contributed by atoms with Crippen LogP contribution < -0.4 is 4.74 Å². The van der Waals surface area contributed by atoms with E-state index in [1.165, 1.54) is 27.6 Å². The van der Waals surface area contributed by atoms with Crippen molar-refractivity contribution in [1.29, 1.82) is 0 Å².